The Hall–Kier alpha value is -0.0400. The van der Waals surface area contributed by atoms with E-state index in [1.807, 2.05) is 0 Å². The number of phosphoric ester groups is 1. The fourth-order valence-electron chi connectivity index (χ4n) is 0.696. The van der Waals surface area contributed by atoms with Crippen LogP contribution in [-0.2, 0) is 18.0 Å². The highest BCUT2D eigenvalue weighted by Crippen LogP contribution is 2.57. The highest BCUT2D eigenvalue weighted by Gasteiger charge is 2.31. The summed E-state index contributed by atoms with van der Waals surface area (Å²) in [6.45, 7) is 1.24. The predicted molar refractivity (Wildman–Crippen MR) is 54.4 cm³/mol. The quantitative estimate of drug-likeness (QED) is 0.301. The standard InChI is InChI=1S/C6H14O8P2/c1-6(5-7)3-2-4-13-16(11,12)14-15(8,9)10/h3,7H,2,4-5H2,1H3,(H,11,12)(H2,8,9,10). The van der Waals surface area contributed by atoms with Crippen LogP contribution in [0.1, 0.15) is 13.3 Å². The van der Waals surface area contributed by atoms with Gasteiger partial charge >= 0.3 is 15.6 Å². The third-order valence-corrected chi connectivity index (χ3v) is 3.51. The van der Waals surface area contributed by atoms with Gasteiger partial charge in [-0.15, -0.1) is 0 Å². The van der Waals surface area contributed by atoms with Crippen LogP contribution >= 0.6 is 15.6 Å². The van der Waals surface area contributed by atoms with Crippen LogP contribution in [0, 0.1) is 0 Å². The van der Waals surface area contributed by atoms with E-state index >= 15 is 0 Å². The molecule has 0 radical (unpaired) electrons. The molecule has 1 atom stereocenters. The third kappa shape index (κ3) is 9.21. The first-order valence-corrected chi connectivity index (χ1v) is 7.19. The lowest BCUT2D eigenvalue weighted by atomic mass is 10.2. The number of hydrogen-bond donors (Lipinski definition) is 4. The van der Waals surface area contributed by atoms with Crippen molar-refractivity contribution in [2.24, 2.45) is 0 Å². The Morgan fingerprint density at radius 2 is 1.88 bits per heavy atom. The molecule has 0 aromatic heterocycles. The normalized spacial score (nSPS) is 17.2. The van der Waals surface area contributed by atoms with Crippen molar-refractivity contribution in [3.8, 4) is 0 Å². The number of phosphoric acid groups is 2. The second-order valence-corrected chi connectivity index (χ2v) is 5.70. The monoisotopic (exact) mass is 276 g/mol. The van der Waals surface area contributed by atoms with Gasteiger partial charge in [0.25, 0.3) is 0 Å². The molecule has 10 heteroatoms. The number of hydrogen-bond acceptors (Lipinski definition) is 5. The van der Waals surface area contributed by atoms with E-state index in [4.69, 9.17) is 19.8 Å². The van der Waals surface area contributed by atoms with Crippen LogP contribution < -0.4 is 0 Å². The van der Waals surface area contributed by atoms with Crippen LogP contribution in [0.2, 0.25) is 0 Å². The van der Waals surface area contributed by atoms with Crippen molar-refractivity contribution in [2.45, 2.75) is 13.3 Å². The van der Waals surface area contributed by atoms with Crippen molar-refractivity contribution in [1.82, 2.24) is 0 Å². The Labute approximate surface area is 92.4 Å². The van der Waals surface area contributed by atoms with Crippen molar-refractivity contribution in [3.63, 3.8) is 0 Å². The van der Waals surface area contributed by atoms with Crippen LogP contribution in [0.5, 0.6) is 0 Å². The maximum Gasteiger partial charge on any atom is 0.481 e. The average Bonchev–Trinajstić information content (AvgIpc) is 2.08. The molecule has 0 heterocycles. The van der Waals surface area contributed by atoms with Crippen LogP contribution in [-0.4, -0.2) is 33.0 Å². The minimum absolute atomic E-state index is 0.143. The van der Waals surface area contributed by atoms with E-state index in [1.54, 1.807) is 13.0 Å². The molecule has 8 nitrogen and oxygen atoms in total. The van der Waals surface area contributed by atoms with Crippen molar-refractivity contribution < 1.29 is 37.8 Å². The van der Waals surface area contributed by atoms with Crippen LogP contribution in [0.15, 0.2) is 11.6 Å². The van der Waals surface area contributed by atoms with E-state index in [1.165, 1.54) is 0 Å². The summed E-state index contributed by atoms with van der Waals surface area (Å²) in [7, 11) is -9.79. The first-order valence-electron chi connectivity index (χ1n) is 4.17. The zero-order valence-corrected chi connectivity index (χ0v) is 10.3. The van der Waals surface area contributed by atoms with E-state index in [-0.39, 0.29) is 19.6 Å². The number of rotatable bonds is 7. The van der Waals surface area contributed by atoms with Gasteiger partial charge in [0, 0.05) is 0 Å². The van der Waals surface area contributed by atoms with Gasteiger partial charge in [-0.1, -0.05) is 11.6 Å². The Kier molecular flexibility index (Phi) is 6.62. The number of aliphatic hydroxyl groups excluding tert-OH is 1. The van der Waals surface area contributed by atoms with Gasteiger partial charge in [-0.05, 0) is 13.3 Å². The van der Waals surface area contributed by atoms with E-state index < -0.39 is 15.6 Å². The maximum atomic E-state index is 10.9. The first-order chi connectivity index (χ1) is 7.16. The van der Waals surface area contributed by atoms with Gasteiger partial charge in [0.1, 0.15) is 0 Å². The van der Waals surface area contributed by atoms with Crippen LogP contribution in [0.4, 0.5) is 0 Å². The SMILES string of the molecule is CC(=CCCOP(=O)(O)OP(=O)(O)O)CO. The van der Waals surface area contributed by atoms with Gasteiger partial charge in [0.15, 0.2) is 0 Å². The molecule has 16 heavy (non-hydrogen) atoms. The lowest BCUT2D eigenvalue weighted by molar-refractivity contribution is 0.180. The molecule has 0 spiro atoms. The molecule has 4 N–H and O–H groups in total. The summed E-state index contributed by atoms with van der Waals surface area (Å²) in [4.78, 5) is 25.4. The molecular weight excluding hydrogens is 262 g/mol. The average molecular weight is 276 g/mol. The van der Waals surface area contributed by atoms with E-state index in [2.05, 4.69) is 8.83 Å². The molecule has 0 aliphatic heterocycles. The molecule has 96 valence electrons. The Balaban J connectivity index is 4.02. The van der Waals surface area contributed by atoms with Crippen molar-refractivity contribution >= 4 is 15.6 Å². The Morgan fingerprint density at radius 1 is 1.31 bits per heavy atom. The Morgan fingerprint density at radius 3 is 2.31 bits per heavy atom. The number of aliphatic hydroxyl groups is 1. The van der Waals surface area contributed by atoms with E-state index in [0.717, 1.165) is 0 Å². The van der Waals surface area contributed by atoms with Gasteiger partial charge in [-0.2, -0.15) is 4.31 Å². The summed E-state index contributed by atoms with van der Waals surface area (Å²) >= 11 is 0. The minimum atomic E-state index is -5.05. The van der Waals surface area contributed by atoms with Gasteiger partial charge in [0.2, 0.25) is 0 Å². The topological polar surface area (TPSA) is 134 Å². The smallest absolute Gasteiger partial charge is 0.392 e. The van der Waals surface area contributed by atoms with Gasteiger partial charge in [-0.25, -0.2) is 9.13 Å². The van der Waals surface area contributed by atoms with Crippen LogP contribution in [0.25, 0.3) is 0 Å². The second kappa shape index (κ2) is 6.64. The minimum Gasteiger partial charge on any atom is -0.392 e. The van der Waals surface area contributed by atoms with E-state index in [0.29, 0.717) is 5.57 Å². The lowest BCUT2D eigenvalue weighted by Gasteiger charge is -2.11. The molecule has 0 aliphatic rings. The zero-order chi connectivity index (χ0) is 12.8. The third-order valence-electron chi connectivity index (χ3n) is 1.32. The molecule has 0 rings (SSSR count). The van der Waals surface area contributed by atoms with E-state index in [9.17, 15) is 9.13 Å². The van der Waals surface area contributed by atoms with Crippen molar-refractivity contribution in [2.75, 3.05) is 13.2 Å². The van der Waals surface area contributed by atoms with Crippen LogP contribution in [0.3, 0.4) is 0 Å². The summed E-state index contributed by atoms with van der Waals surface area (Å²) in [5, 5.41) is 8.61. The molecule has 0 aliphatic carbocycles. The molecule has 0 aromatic rings. The Bertz CT molecular complexity index is 331. The largest absolute Gasteiger partial charge is 0.481 e. The molecule has 0 bridgehead atoms. The van der Waals surface area contributed by atoms with Gasteiger partial charge in [-0.3, -0.25) is 4.52 Å². The first kappa shape index (κ1) is 16.0. The summed E-state index contributed by atoms with van der Waals surface area (Å²) in [6.07, 6.45) is 1.76. The van der Waals surface area contributed by atoms with Gasteiger partial charge < -0.3 is 19.8 Å². The molecule has 0 saturated heterocycles. The fourth-order valence-corrected chi connectivity index (χ4v) is 2.30. The lowest BCUT2D eigenvalue weighted by Crippen LogP contribution is -1.95. The van der Waals surface area contributed by atoms with Crippen molar-refractivity contribution in [3.05, 3.63) is 11.6 Å². The summed E-state index contributed by atoms with van der Waals surface area (Å²) in [5.74, 6) is 0. The molecule has 0 aromatic carbocycles. The van der Waals surface area contributed by atoms with Gasteiger partial charge in [0.05, 0.1) is 13.2 Å². The predicted octanol–water partition coefficient (Wildman–Crippen LogP) is 0.541. The second-order valence-electron chi connectivity index (χ2n) is 2.87. The maximum absolute atomic E-state index is 10.9. The fraction of sp³-hybridized carbons (Fsp3) is 0.667. The highest BCUT2D eigenvalue weighted by molar-refractivity contribution is 7.60. The molecule has 0 saturated carbocycles. The zero-order valence-electron chi connectivity index (χ0n) is 8.51. The highest BCUT2D eigenvalue weighted by atomic mass is 31.3. The molecule has 1 unspecified atom stereocenters. The molecule has 0 amide bonds. The summed E-state index contributed by atoms with van der Waals surface area (Å²) in [5.41, 5.74) is 0.646. The molecule has 0 fully saturated rings. The van der Waals surface area contributed by atoms with Crippen molar-refractivity contribution in [1.29, 1.82) is 0 Å². The summed E-state index contributed by atoms with van der Waals surface area (Å²) < 4.78 is 29.0. The molecular formula is C6H14O8P2. The summed E-state index contributed by atoms with van der Waals surface area (Å²) in [6, 6.07) is 0.